The Morgan fingerprint density at radius 3 is 3.14 bits per heavy atom. The van der Waals surface area contributed by atoms with Crippen LogP contribution in [-0.4, -0.2) is 29.1 Å². The van der Waals surface area contributed by atoms with Gasteiger partial charge in [-0.3, -0.25) is 4.79 Å². The van der Waals surface area contributed by atoms with Gasteiger partial charge in [0.2, 0.25) is 11.8 Å². The molecule has 0 saturated carbocycles. The summed E-state index contributed by atoms with van der Waals surface area (Å²) in [5.74, 6) is 1.14. The highest BCUT2D eigenvalue weighted by Gasteiger charge is 2.25. The molecule has 1 aliphatic rings. The molecule has 2 heterocycles. The summed E-state index contributed by atoms with van der Waals surface area (Å²) in [6.07, 6.45) is 1.39. The van der Waals surface area contributed by atoms with Crippen LogP contribution in [0.2, 0.25) is 0 Å². The second-order valence-corrected chi connectivity index (χ2v) is 5.13. The van der Waals surface area contributed by atoms with Gasteiger partial charge in [0, 0.05) is 32.1 Å². The number of hydrogen-bond donors (Lipinski definition) is 2. The van der Waals surface area contributed by atoms with Crippen LogP contribution in [0.1, 0.15) is 29.6 Å². The van der Waals surface area contributed by atoms with Crippen molar-refractivity contribution < 1.29 is 9.32 Å². The number of nitrogens with zero attached hydrogens (tertiary/aromatic N) is 2. The van der Waals surface area contributed by atoms with Crippen molar-refractivity contribution in [3.8, 4) is 0 Å². The molecule has 1 unspecified atom stereocenters. The Morgan fingerprint density at radius 2 is 2.33 bits per heavy atom. The molecule has 2 aromatic rings. The lowest BCUT2D eigenvalue weighted by Gasteiger charge is -2.25. The summed E-state index contributed by atoms with van der Waals surface area (Å²) in [6.45, 7) is 3.09. The molecule has 2 N–H and O–H groups in total. The lowest BCUT2D eigenvalue weighted by atomic mass is 9.90. The number of hydrogen-bond acceptors (Lipinski definition) is 5. The van der Waals surface area contributed by atoms with Crippen LogP contribution in [0.15, 0.2) is 28.8 Å². The third kappa shape index (κ3) is 3.04. The third-order valence-electron chi connectivity index (χ3n) is 3.62. The maximum Gasteiger partial charge on any atom is 0.227 e. The van der Waals surface area contributed by atoms with Crippen LogP contribution >= 0.6 is 0 Å². The molecule has 0 spiro atoms. The van der Waals surface area contributed by atoms with Crippen LogP contribution in [-0.2, 0) is 11.2 Å². The quantitative estimate of drug-likeness (QED) is 0.893. The van der Waals surface area contributed by atoms with E-state index in [0.717, 1.165) is 24.2 Å². The molecule has 110 valence electrons. The van der Waals surface area contributed by atoms with Gasteiger partial charge in [-0.05, 0) is 18.1 Å². The molecule has 1 atom stereocenters. The lowest BCUT2D eigenvalue weighted by Crippen LogP contribution is -2.34. The highest BCUT2D eigenvalue weighted by Crippen LogP contribution is 2.31. The van der Waals surface area contributed by atoms with Crippen molar-refractivity contribution >= 4 is 11.6 Å². The van der Waals surface area contributed by atoms with Gasteiger partial charge in [-0.2, -0.15) is 4.98 Å². The zero-order valence-electron chi connectivity index (χ0n) is 11.9. The molecule has 0 saturated heterocycles. The fourth-order valence-electron chi connectivity index (χ4n) is 2.60. The molecule has 3 rings (SSSR count). The summed E-state index contributed by atoms with van der Waals surface area (Å²) in [5.41, 5.74) is 2.12. The fraction of sp³-hybridized carbons (Fsp3) is 0.400. The highest BCUT2D eigenvalue weighted by molar-refractivity contribution is 5.86. The first kappa shape index (κ1) is 13.6. The second kappa shape index (κ2) is 5.95. The number of anilines is 1. The van der Waals surface area contributed by atoms with E-state index in [1.807, 2.05) is 24.3 Å². The number of carbonyl (C=O) groups excluding carboxylic acids is 1. The van der Waals surface area contributed by atoms with E-state index in [1.54, 1.807) is 6.92 Å². The van der Waals surface area contributed by atoms with Crippen molar-refractivity contribution in [2.75, 3.05) is 18.4 Å². The summed E-state index contributed by atoms with van der Waals surface area (Å²) >= 11 is 0. The molecule has 0 bridgehead atoms. The number of fused-ring (bicyclic) bond motifs is 1. The van der Waals surface area contributed by atoms with Gasteiger partial charge in [-0.15, -0.1) is 0 Å². The average Bonchev–Trinajstić information content (AvgIpc) is 2.92. The van der Waals surface area contributed by atoms with Gasteiger partial charge in [0.1, 0.15) is 0 Å². The van der Waals surface area contributed by atoms with Gasteiger partial charge in [-0.25, -0.2) is 0 Å². The fourth-order valence-corrected chi connectivity index (χ4v) is 2.60. The number of aryl methyl sites for hydroxylation is 1. The van der Waals surface area contributed by atoms with Gasteiger partial charge in [-0.1, -0.05) is 23.4 Å². The minimum absolute atomic E-state index is 0.0594. The predicted octanol–water partition coefficient (Wildman–Crippen LogP) is 1.64. The standard InChI is InChI=1S/C15H18N4O2/c1-10-18-14(19-21-10)7-9-17-15(20)12-6-8-16-13-5-3-2-4-11(12)13/h2-5,12,16H,6-9H2,1H3,(H,17,20). The van der Waals surface area contributed by atoms with Crippen LogP contribution in [0, 0.1) is 6.92 Å². The van der Waals surface area contributed by atoms with Crippen molar-refractivity contribution in [3.05, 3.63) is 41.5 Å². The first-order valence-corrected chi connectivity index (χ1v) is 7.14. The summed E-state index contributed by atoms with van der Waals surface area (Å²) in [4.78, 5) is 16.5. The van der Waals surface area contributed by atoms with Crippen LogP contribution in [0.5, 0.6) is 0 Å². The Morgan fingerprint density at radius 1 is 1.48 bits per heavy atom. The van der Waals surface area contributed by atoms with E-state index in [0.29, 0.717) is 24.7 Å². The van der Waals surface area contributed by atoms with E-state index in [1.165, 1.54) is 0 Å². The molecule has 0 aliphatic carbocycles. The van der Waals surface area contributed by atoms with Gasteiger partial charge >= 0.3 is 0 Å². The lowest BCUT2D eigenvalue weighted by molar-refractivity contribution is -0.122. The number of nitrogens with one attached hydrogen (secondary N) is 2. The van der Waals surface area contributed by atoms with E-state index < -0.39 is 0 Å². The molecule has 1 aliphatic heterocycles. The Bertz CT molecular complexity index is 638. The smallest absolute Gasteiger partial charge is 0.227 e. The van der Waals surface area contributed by atoms with Crippen molar-refractivity contribution in [1.29, 1.82) is 0 Å². The zero-order valence-corrected chi connectivity index (χ0v) is 11.9. The molecule has 0 fully saturated rings. The summed E-state index contributed by atoms with van der Waals surface area (Å²) in [7, 11) is 0. The monoisotopic (exact) mass is 286 g/mol. The van der Waals surface area contributed by atoms with E-state index in [-0.39, 0.29) is 11.8 Å². The van der Waals surface area contributed by atoms with Gasteiger partial charge in [0.25, 0.3) is 0 Å². The summed E-state index contributed by atoms with van der Waals surface area (Å²) in [6, 6.07) is 7.96. The van der Waals surface area contributed by atoms with Crippen molar-refractivity contribution in [2.45, 2.75) is 25.7 Å². The summed E-state index contributed by atoms with van der Waals surface area (Å²) in [5, 5.41) is 10.1. The zero-order chi connectivity index (χ0) is 14.7. The Hall–Kier alpha value is -2.37. The Kier molecular flexibility index (Phi) is 3.85. The van der Waals surface area contributed by atoms with Crippen molar-refractivity contribution in [2.24, 2.45) is 0 Å². The van der Waals surface area contributed by atoms with Crippen LogP contribution in [0.3, 0.4) is 0 Å². The molecule has 0 radical (unpaired) electrons. The highest BCUT2D eigenvalue weighted by atomic mass is 16.5. The molecule has 1 amide bonds. The maximum absolute atomic E-state index is 12.4. The average molecular weight is 286 g/mol. The minimum atomic E-state index is -0.0885. The van der Waals surface area contributed by atoms with Crippen LogP contribution < -0.4 is 10.6 Å². The third-order valence-corrected chi connectivity index (χ3v) is 3.62. The van der Waals surface area contributed by atoms with Crippen molar-refractivity contribution in [1.82, 2.24) is 15.5 Å². The van der Waals surface area contributed by atoms with E-state index in [2.05, 4.69) is 20.8 Å². The van der Waals surface area contributed by atoms with E-state index in [4.69, 9.17) is 4.52 Å². The largest absolute Gasteiger partial charge is 0.385 e. The molecule has 6 heteroatoms. The van der Waals surface area contributed by atoms with Gasteiger partial charge in [0.15, 0.2) is 5.82 Å². The minimum Gasteiger partial charge on any atom is -0.385 e. The summed E-state index contributed by atoms with van der Waals surface area (Å²) < 4.78 is 4.90. The Labute approximate surface area is 122 Å². The Balaban J connectivity index is 1.59. The first-order chi connectivity index (χ1) is 10.2. The SMILES string of the molecule is Cc1nc(CCNC(=O)C2CCNc3ccccc32)no1. The molecular formula is C15H18N4O2. The molecule has 1 aromatic heterocycles. The van der Waals surface area contributed by atoms with Gasteiger partial charge < -0.3 is 15.2 Å². The number of amides is 1. The number of carbonyl (C=O) groups is 1. The van der Waals surface area contributed by atoms with Gasteiger partial charge in [0.05, 0.1) is 5.92 Å². The number of para-hydroxylation sites is 1. The molecule has 21 heavy (non-hydrogen) atoms. The topological polar surface area (TPSA) is 80.0 Å². The van der Waals surface area contributed by atoms with E-state index in [9.17, 15) is 4.79 Å². The van der Waals surface area contributed by atoms with Crippen molar-refractivity contribution in [3.63, 3.8) is 0 Å². The number of aromatic nitrogens is 2. The number of rotatable bonds is 4. The molecule has 6 nitrogen and oxygen atoms in total. The van der Waals surface area contributed by atoms with E-state index >= 15 is 0 Å². The first-order valence-electron chi connectivity index (χ1n) is 7.14. The normalized spacial score (nSPS) is 16.9. The van der Waals surface area contributed by atoms with Crippen LogP contribution in [0.4, 0.5) is 5.69 Å². The molecular weight excluding hydrogens is 268 g/mol. The number of benzene rings is 1. The predicted molar refractivity (Wildman–Crippen MR) is 78.0 cm³/mol. The maximum atomic E-state index is 12.4. The van der Waals surface area contributed by atoms with Crippen LogP contribution in [0.25, 0.3) is 0 Å². The second-order valence-electron chi connectivity index (χ2n) is 5.13. The molecule has 1 aromatic carbocycles.